The summed E-state index contributed by atoms with van der Waals surface area (Å²) in [5.41, 5.74) is 5.77. The summed E-state index contributed by atoms with van der Waals surface area (Å²) in [6.45, 7) is 0. The third-order valence-corrected chi connectivity index (χ3v) is 3.30. The Hall–Kier alpha value is -2.59. The number of halogens is 1. The number of nitrogens with one attached hydrogen (secondary N) is 1. The first-order valence-corrected chi connectivity index (χ1v) is 6.83. The second-order valence-electron chi connectivity index (χ2n) is 4.41. The maximum atomic E-state index is 6.04. The molecule has 21 heavy (non-hydrogen) atoms. The minimum Gasteiger partial charge on any atom is -0.306 e. The monoisotopic (exact) mass is 296 g/mol. The van der Waals surface area contributed by atoms with Crippen molar-refractivity contribution in [2.24, 2.45) is 5.10 Å². The van der Waals surface area contributed by atoms with Gasteiger partial charge in [-0.3, -0.25) is 5.43 Å². The van der Waals surface area contributed by atoms with Gasteiger partial charge in [-0.1, -0.05) is 35.9 Å². The van der Waals surface area contributed by atoms with E-state index >= 15 is 0 Å². The van der Waals surface area contributed by atoms with E-state index in [4.69, 9.17) is 11.6 Å². The summed E-state index contributed by atoms with van der Waals surface area (Å²) in [6.07, 6.45) is 7.17. The summed E-state index contributed by atoms with van der Waals surface area (Å²) in [5.74, 6) is 0. The Bertz CT molecular complexity index is 733. The molecule has 0 spiro atoms. The summed E-state index contributed by atoms with van der Waals surface area (Å²) in [6, 6.07) is 15.5. The Morgan fingerprint density at radius 3 is 2.62 bits per heavy atom. The number of imidazole rings is 1. The normalized spacial score (nSPS) is 10.9. The van der Waals surface area contributed by atoms with Gasteiger partial charge in [-0.2, -0.15) is 5.10 Å². The Labute approximate surface area is 127 Å². The van der Waals surface area contributed by atoms with E-state index < -0.39 is 0 Å². The number of hydrazone groups is 1. The van der Waals surface area contributed by atoms with Gasteiger partial charge in [-0.25, -0.2) is 4.98 Å². The lowest BCUT2D eigenvalue weighted by molar-refractivity contribution is 1.06. The van der Waals surface area contributed by atoms with E-state index in [1.165, 1.54) is 0 Å². The zero-order valence-electron chi connectivity index (χ0n) is 11.1. The van der Waals surface area contributed by atoms with Crippen LogP contribution in [-0.2, 0) is 0 Å². The number of aromatic nitrogens is 2. The van der Waals surface area contributed by atoms with E-state index in [1.54, 1.807) is 18.7 Å². The molecule has 3 aromatic rings. The summed E-state index contributed by atoms with van der Waals surface area (Å²) in [4.78, 5) is 4.03. The number of benzene rings is 2. The van der Waals surface area contributed by atoms with Crippen molar-refractivity contribution in [1.29, 1.82) is 0 Å². The molecule has 0 bridgehead atoms. The van der Waals surface area contributed by atoms with Gasteiger partial charge >= 0.3 is 0 Å². The Morgan fingerprint density at radius 1 is 1.10 bits per heavy atom. The van der Waals surface area contributed by atoms with Crippen molar-refractivity contribution in [2.75, 3.05) is 5.43 Å². The van der Waals surface area contributed by atoms with Crippen LogP contribution in [0.25, 0.3) is 5.69 Å². The molecule has 3 rings (SSSR count). The Balaban J connectivity index is 1.68. The van der Waals surface area contributed by atoms with Crippen LogP contribution < -0.4 is 5.43 Å². The van der Waals surface area contributed by atoms with Crippen molar-refractivity contribution in [2.45, 2.75) is 0 Å². The van der Waals surface area contributed by atoms with Crippen molar-refractivity contribution >= 4 is 23.5 Å². The van der Waals surface area contributed by atoms with Crippen molar-refractivity contribution in [3.63, 3.8) is 0 Å². The smallest absolute Gasteiger partial charge is 0.0991 e. The summed E-state index contributed by atoms with van der Waals surface area (Å²) >= 11 is 6.04. The first kappa shape index (κ1) is 13.4. The molecule has 1 N–H and O–H groups in total. The van der Waals surface area contributed by atoms with E-state index in [1.807, 2.05) is 59.3 Å². The molecule has 0 aliphatic heterocycles. The molecular formula is C16H13ClN4. The van der Waals surface area contributed by atoms with Gasteiger partial charge in [0.25, 0.3) is 0 Å². The van der Waals surface area contributed by atoms with E-state index in [9.17, 15) is 0 Å². The lowest BCUT2D eigenvalue weighted by atomic mass is 10.2. The molecule has 5 heteroatoms. The topological polar surface area (TPSA) is 42.2 Å². The molecule has 0 unspecified atom stereocenters. The molecule has 4 nitrogen and oxygen atoms in total. The lowest BCUT2D eigenvalue weighted by Gasteiger charge is -2.03. The number of hydrogen-bond donors (Lipinski definition) is 1. The maximum absolute atomic E-state index is 6.04. The predicted octanol–water partition coefficient (Wildman–Crippen LogP) is 3.97. The molecular weight excluding hydrogens is 284 g/mol. The number of hydrogen-bond acceptors (Lipinski definition) is 3. The molecule has 2 aromatic carbocycles. The second kappa shape index (κ2) is 6.24. The first-order chi connectivity index (χ1) is 10.3. The van der Waals surface area contributed by atoms with Crippen LogP contribution in [0.15, 0.2) is 72.4 Å². The van der Waals surface area contributed by atoms with Gasteiger partial charge in [0, 0.05) is 18.1 Å². The zero-order valence-corrected chi connectivity index (χ0v) is 11.9. The first-order valence-electron chi connectivity index (χ1n) is 6.45. The van der Waals surface area contributed by atoms with Crippen LogP contribution >= 0.6 is 11.6 Å². The van der Waals surface area contributed by atoms with Gasteiger partial charge in [0.1, 0.15) is 0 Å². The molecule has 0 radical (unpaired) electrons. The third-order valence-electron chi connectivity index (χ3n) is 2.97. The molecule has 0 saturated carbocycles. The molecule has 0 fully saturated rings. The molecule has 1 heterocycles. The average molecular weight is 297 g/mol. The fourth-order valence-electron chi connectivity index (χ4n) is 1.87. The van der Waals surface area contributed by atoms with Crippen LogP contribution in [0, 0.1) is 0 Å². The van der Waals surface area contributed by atoms with Crippen LogP contribution in [0.1, 0.15) is 5.56 Å². The van der Waals surface area contributed by atoms with Gasteiger partial charge < -0.3 is 4.57 Å². The van der Waals surface area contributed by atoms with Gasteiger partial charge in [-0.15, -0.1) is 0 Å². The molecule has 104 valence electrons. The van der Waals surface area contributed by atoms with E-state index in [2.05, 4.69) is 15.5 Å². The fourth-order valence-corrected chi connectivity index (χ4v) is 2.05. The van der Waals surface area contributed by atoms with Crippen LogP contribution in [0.5, 0.6) is 0 Å². The highest BCUT2D eigenvalue weighted by atomic mass is 35.5. The third kappa shape index (κ3) is 3.30. The largest absolute Gasteiger partial charge is 0.306 e. The summed E-state index contributed by atoms with van der Waals surface area (Å²) in [7, 11) is 0. The van der Waals surface area contributed by atoms with Gasteiger partial charge in [0.15, 0.2) is 0 Å². The molecule has 0 atom stereocenters. The van der Waals surface area contributed by atoms with Gasteiger partial charge in [0.05, 0.1) is 23.3 Å². The zero-order chi connectivity index (χ0) is 14.5. The minimum atomic E-state index is 0.644. The van der Waals surface area contributed by atoms with E-state index in [0.29, 0.717) is 5.02 Å². The van der Waals surface area contributed by atoms with Crippen molar-refractivity contribution < 1.29 is 0 Å². The number of para-hydroxylation sites is 1. The lowest BCUT2D eigenvalue weighted by Crippen LogP contribution is -1.93. The van der Waals surface area contributed by atoms with Crippen molar-refractivity contribution in [3.8, 4) is 5.69 Å². The van der Waals surface area contributed by atoms with Gasteiger partial charge in [0.2, 0.25) is 0 Å². The minimum absolute atomic E-state index is 0.644. The maximum Gasteiger partial charge on any atom is 0.0991 e. The second-order valence-corrected chi connectivity index (χ2v) is 4.82. The van der Waals surface area contributed by atoms with Crippen LogP contribution in [-0.4, -0.2) is 15.8 Å². The van der Waals surface area contributed by atoms with Crippen LogP contribution in [0.4, 0.5) is 5.69 Å². The number of rotatable bonds is 4. The van der Waals surface area contributed by atoms with Crippen molar-refractivity contribution in [1.82, 2.24) is 9.55 Å². The van der Waals surface area contributed by atoms with E-state index in [0.717, 1.165) is 16.9 Å². The quantitative estimate of drug-likeness (QED) is 0.584. The molecule has 0 aliphatic carbocycles. The fraction of sp³-hybridized carbons (Fsp3) is 0. The van der Waals surface area contributed by atoms with Crippen LogP contribution in [0.3, 0.4) is 0 Å². The summed E-state index contributed by atoms with van der Waals surface area (Å²) in [5, 5.41) is 4.83. The standard InChI is InChI=1S/C16H13ClN4/c17-15-3-1-2-4-16(15)20-19-11-13-5-7-14(8-6-13)21-10-9-18-12-21/h1-12,20H/b19-11+. The highest BCUT2D eigenvalue weighted by molar-refractivity contribution is 6.33. The molecule has 0 saturated heterocycles. The number of nitrogens with zero attached hydrogens (tertiary/aromatic N) is 3. The predicted molar refractivity (Wildman–Crippen MR) is 86.2 cm³/mol. The molecule has 0 aliphatic rings. The summed E-state index contributed by atoms with van der Waals surface area (Å²) < 4.78 is 1.95. The highest BCUT2D eigenvalue weighted by Crippen LogP contribution is 2.20. The van der Waals surface area contributed by atoms with Crippen LogP contribution in [0.2, 0.25) is 5.02 Å². The van der Waals surface area contributed by atoms with E-state index in [-0.39, 0.29) is 0 Å². The Morgan fingerprint density at radius 2 is 1.90 bits per heavy atom. The van der Waals surface area contributed by atoms with Crippen molar-refractivity contribution in [3.05, 3.63) is 77.8 Å². The Kier molecular flexibility index (Phi) is 3.98. The number of anilines is 1. The highest BCUT2D eigenvalue weighted by Gasteiger charge is 1.96. The average Bonchev–Trinajstić information content (AvgIpc) is 3.04. The SMILES string of the molecule is Clc1ccccc1N/N=C/c1ccc(-n2ccnc2)cc1. The molecule has 1 aromatic heterocycles. The van der Waals surface area contributed by atoms with Gasteiger partial charge in [-0.05, 0) is 29.8 Å². The molecule has 0 amide bonds.